The van der Waals surface area contributed by atoms with Crippen LogP contribution in [-0.4, -0.2) is 17.0 Å². The van der Waals surface area contributed by atoms with Crippen molar-refractivity contribution in [2.45, 2.75) is 0 Å². The van der Waals surface area contributed by atoms with E-state index in [0.717, 1.165) is 0 Å². The van der Waals surface area contributed by atoms with Crippen molar-refractivity contribution in [3.63, 3.8) is 0 Å². The van der Waals surface area contributed by atoms with Gasteiger partial charge >= 0.3 is 0 Å². The van der Waals surface area contributed by atoms with Crippen LogP contribution in [0.25, 0.3) is 0 Å². The number of para-hydroxylation sites is 2. The van der Waals surface area contributed by atoms with E-state index in [2.05, 4.69) is 10.3 Å². The third-order valence-corrected chi connectivity index (χ3v) is 4.45. The summed E-state index contributed by atoms with van der Waals surface area (Å²) in [5.74, 6) is 0.648. The van der Waals surface area contributed by atoms with Crippen LogP contribution in [-0.2, 0) is 0 Å². The van der Waals surface area contributed by atoms with Crippen LogP contribution in [0.3, 0.4) is 0 Å². The minimum absolute atomic E-state index is 0.0849. The molecule has 138 valence electrons. The highest BCUT2D eigenvalue weighted by Crippen LogP contribution is 2.36. The Morgan fingerprint density at radius 2 is 1.89 bits per heavy atom. The lowest BCUT2D eigenvalue weighted by Gasteiger charge is -2.07. The van der Waals surface area contributed by atoms with Gasteiger partial charge in [0.1, 0.15) is 5.75 Å². The van der Waals surface area contributed by atoms with Crippen molar-refractivity contribution in [2.75, 3.05) is 5.32 Å². The number of benzene rings is 3. The summed E-state index contributed by atoms with van der Waals surface area (Å²) in [4.78, 5) is 27.2. The molecule has 4 rings (SSSR count). The summed E-state index contributed by atoms with van der Waals surface area (Å²) in [5.41, 5.74) is 1.70. The molecular formula is C20H12ClN3O4. The number of halogens is 1. The molecule has 0 radical (unpaired) electrons. The largest absolute Gasteiger partial charge is 0.454 e. The number of carbonyl (C=O) groups is 1. The van der Waals surface area contributed by atoms with Gasteiger partial charge in [-0.1, -0.05) is 23.7 Å². The van der Waals surface area contributed by atoms with E-state index >= 15 is 0 Å². The Labute approximate surface area is 164 Å². The van der Waals surface area contributed by atoms with Crippen LogP contribution in [0.4, 0.5) is 17.1 Å². The molecule has 1 aliphatic heterocycles. The molecule has 3 aromatic carbocycles. The number of aliphatic imine (C=N–C) groups is 1. The van der Waals surface area contributed by atoms with Gasteiger partial charge in [0, 0.05) is 28.9 Å². The van der Waals surface area contributed by atoms with Crippen molar-refractivity contribution < 1.29 is 14.5 Å². The topological polar surface area (TPSA) is 93.8 Å². The summed E-state index contributed by atoms with van der Waals surface area (Å²) in [6.07, 6.45) is 1.42. The molecule has 0 saturated carbocycles. The Hall–Kier alpha value is -3.71. The number of rotatable bonds is 3. The molecule has 28 heavy (non-hydrogen) atoms. The molecule has 1 amide bonds. The van der Waals surface area contributed by atoms with Gasteiger partial charge in [-0.25, -0.2) is 0 Å². The van der Waals surface area contributed by atoms with E-state index in [0.29, 0.717) is 39.0 Å². The fourth-order valence-electron chi connectivity index (χ4n) is 2.72. The number of anilines is 1. The van der Waals surface area contributed by atoms with E-state index in [1.54, 1.807) is 36.4 Å². The number of fused-ring (bicyclic) bond motifs is 2. The monoisotopic (exact) mass is 393 g/mol. The maximum Gasteiger partial charge on any atom is 0.270 e. The third kappa shape index (κ3) is 3.43. The number of nitrogens with zero attached hydrogens (tertiary/aromatic N) is 2. The normalized spacial score (nSPS) is 12.5. The lowest BCUT2D eigenvalue weighted by atomic mass is 10.1. The third-order valence-electron chi connectivity index (χ3n) is 4.11. The molecule has 0 aromatic heterocycles. The zero-order valence-electron chi connectivity index (χ0n) is 14.3. The highest BCUT2D eigenvalue weighted by Gasteiger charge is 2.20. The summed E-state index contributed by atoms with van der Waals surface area (Å²) >= 11 is 6.08. The Kier molecular flexibility index (Phi) is 4.50. The zero-order valence-corrected chi connectivity index (χ0v) is 15.0. The van der Waals surface area contributed by atoms with Crippen LogP contribution < -0.4 is 10.1 Å². The quantitative estimate of drug-likeness (QED) is 0.368. The summed E-state index contributed by atoms with van der Waals surface area (Å²) in [6, 6.07) is 16.1. The number of amides is 1. The number of non-ortho nitro benzene ring substituents is 1. The number of ether oxygens (including phenoxy) is 1. The lowest BCUT2D eigenvalue weighted by molar-refractivity contribution is -0.384. The number of nitro benzene ring substituents is 1. The molecule has 0 unspecified atom stereocenters. The van der Waals surface area contributed by atoms with Gasteiger partial charge in [0.25, 0.3) is 11.6 Å². The van der Waals surface area contributed by atoms with Gasteiger partial charge in [-0.15, -0.1) is 0 Å². The van der Waals surface area contributed by atoms with Crippen molar-refractivity contribution >= 4 is 40.8 Å². The first-order valence-electron chi connectivity index (χ1n) is 8.21. The van der Waals surface area contributed by atoms with E-state index in [9.17, 15) is 14.9 Å². The zero-order chi connectivity index (χ0) is 19.7. The number of nitro groups is 1. The second kappa shape index (κ2) is 7.13. The minimum atomic E-state index is -0.505. The molecule has 7 nitrogen and oxygen atoms in total. The lowest BCUT2D eigenvalue weighted by Crippen LogP contribution is -2.10. The van der Waals surface area contributed by atoms with E-state index in [-0.39, 0.29) is 11.6 Å². The average molecular weight is 394 g/mol. The Morgan fingerprint density at radius 3 is 2.71 bits per heavy atom. The van der Waals surface area contributed by atoms with E-state index < -0.39 is 4.92 Å². The Balaban J connectivity index is 1.66. The highest BCUT2D eigenvalue weighted by atomic mass is 35.5. The fraction of sp³-hybridized carbons (Fsp3) is 0. The molecule has 0 fully saturated rings. The first-order valence-corrected chi connectivity index (χ1v) is 8.59. The Bertz CT molecular complexity index is 1140. The molecule has 0 bridgehead atoms. The molecule has 0 atom stereocenters. The summed E-state index contributed by atoms with van der Waals surface area (Å²) in [7, 11) is 0. The molecule has 1 N–H and O–H groups in total. The van der Waals surface area contributed by atoms with Crippen LogP contribution in [0, 0.1) is 10.1 Å². The standard InChI is InChI=1S/C20H12ClN3O4/c21-16-7-6-14(24(26)27)9-12(16)11-22-13-5-8-18-15(10-13)20(25)23-17-3-1-2-4-19(17)28-18/h1-11H,(H,23,25). The van der Waals surface area contributed by atoms with Gasteiger partial charge < -0.3 is 10.1 Å². The van der Waals surface area contributed by atoms with Crippen LogP contribution in [0.2, 0.25) is 5.02 Å². The number of carbonyl (C=O) groups excluding carboxylic acids is 1. The molecule has 1 aliphatic rings. The smallest absolute Gasteiger partial charge is 0.270 e. The molecular weight excluding hydrogens is 382 g/mol. The van der Waals surface area contributed by atoms with Crippen LogP contribution in [0.5, 0.6) is 11.5 Å². The average Bonchev–Trinajstić information content (AvgIpc) is 2.82. The summed E-state index contributed by atoms with van der Waals surface area (Å²) in [5, 5.41) is 14.1. The van der Waals surface area contributed by atoms with Crippen molar-refractivity contribution in [3.05, 3.63) is 86.9 Å². The highest BCUT2D eigenvalue weighted by molar-refractivity contribution is 6.33. The van der Waals surface area contributed by atoms with Crippen molar-refractivity contribution in [1.29, 1.82) is 0 Å². The second-order valence-corrected chi connectivity index (χ2v) is 6.36. The molecule has 0 spiro atoms. The Morgan fingerprint density at radius 1 is 1.07 bits per heavy atom. The molecule has 0 saturated heterocycles. The first kappa shape index (κ1) is 17.7. The first-order chi connectivity index (χ1) is 13.5. The van der Waals surface area contributed by atoms with Crippen molar-refractivity contribution in [1.82, 2.24) is 0 Å². The van der Waals surface area contributed by atoms with Crippen LogP contribution in [0.1, 0.15) is 15.9 Å². The second-order valence-electron chi connectivity index (χ2n) is 5.95. The van der Waals surface area contributed by atoms with Crippen molar-refractivity contribution in [3.8, 4) is 11.5 Å². The van der Waals surface area contributed by atoms with Crippen LogP contribution in [0.15, 0.2) is 65.7 Å². The maximum absolute atomic E-state index is 12.5. The van der Waals surface area contributed by atoms with E-state index in [4.69, 9.17) is 16.3 Å². The van der Waals surface area contributed by atoms with Gasteiger partial charge in [-0.2, -0.15) is 0 Å². The number of nitrogens with one attached hydrogen (secondary N) is 1. The number of hydrogen-bond donors (Lipinski definition) is 1. The van der Waals surface area contributed by atoms with Gasteiger partial charge in [-0.3, -0.25) is 19.9 Å². The molecule has 8 heteroatoms. The van der Waals surface area contributed by atoms with Crippen molar-refractivity contribution in [2.24, 2.45) is 4.99 Å². The van der Waals surface area contributed by atoms with E-state index in [1.165, 1.54) is 24.4 Å². The van der Waals surface area contributed by atoms with Crippen LogP contribution >= 0.6 is 11.6 Å². The SMILES string of the molecule is O=C1Nc2ccccc2Oc2ccc(N=Cc3cc([N+](=O)[O-])ccc3Cl)cc21. The molecule has 1 heterocycles. The minimum Gasteiger partial charge on any atom is -0.454 e. The van der Waals surface area contributed by atoms with Gasteiger partial charge in [-0.05, 0) is 36.4 Å². The molecule has 3 aromatic rings. The summed E-state index contributed by atoms with van der Waals surface area (Å²) in [6.45, 7) is 0. The maximum atomic E-state index is 12.5. The number of hydrogen-bond acceptors (Lipinski definition) is 5. The van der Waals surface area contributed by atoms with Gasteiger partial charge in [0.2, 0.25) is 0 Å². The summed E-state index contributed by atoms with van der Waals surface area (Å²) < 4.78 is 5.82. The van der Waals surface area contributed by atoms with E-state index in [1.807, 2.05) is 6.07 Å². The van der Waals surface area contributed by atoms with Gasteiger partial charge in [0.15, 0.2) is 5.75 Å². The molecule has 0 aliphatic carbocycles. The predicted octanol–water partition coefficient (Wildman–Crippen LogP) is 5.36. The fourth-order valence-corrected chi connectivity index (χ4v) is 2.89. The predicted molar refractivity (Wildman–Crippen MR) is 106 cm³/mol. The van der Waals surface area contributed by atoms with Gasteiger partial charge in [0.05, 0.1) is 21.9 Å².